The van der Waals surface area contributed by atoms with Gasteiger partial charge in [-0.3, -0.25) is 4.79 Å². The monoisotopic (exact) mass is 261 g/mol. The summed E-state index contributed by atoms with van der Waals surface area (Å²) >= 11 is 0. The molecule has 1 aromatic rings. The molecule has 3 heteroatoms. The van der Waals surface area contributed by atoms with Gasteiger partial charge in [-0.15, -0.1) is 0 Å². The first-order chi connectivity index (χ1) is 9.09. The first kappa shape index (κ1) is 14.1. The maximum Gasteiger partial charge on any atom is 0.255 e. The van der Waals surface area contributed by atoms with Gasteiger partial charge in [-0.2, -0.15) is 0 Å². The molecule has 0 aliphatic heterocycles. The van der Waals surface area contributed by atoms with Crippen molar-refractivity contribution in [1.82, 2.24) is 0 Å². The number of aliphatic hydroxyl groups excluding tert-OH is 1. The van der Waals surface area contributed by atoms with E-state index in [4.69, 9.17) is 0 Å². The molecule has 3 nitrogen and oxygen atoms in total. The van der Waals surface area contributed by atoms with E-state index < -0.39 is 6.10 Å². The molecule has 1 atom stereocenters. The third kappa shape index (κ3) is 3.35. The first-order valence-corrected chi connectivity index (χ1v) is 7.15. The number of likely N-dealkylation sites (N-methyl/N-ethyl adjacent to an activating group) is 1. The van der Waals surface area contributed by atoms with Crippen LogP contribution in [-0.4, -0.2) is 24.2 Å². The molecule has 19 heavy (non-hydrogen) atoms. The van der Waals surface area contributed by atoms with Crippen LogP contribution in [0, 0.1) is 0 Å². The van der Waals surface area contributed by atoms with E-state index in [-0.39, 0.29) is 5.91 Å². The number of hydrogen-bond donors (Lipinski definition) is 1. The minimum atomic E-state index is -0.956. The maximum atomic E-state index is 11.7. The van der Waals surface area contributed by atoms with Crippen molar-refractivity contribution < 1.29 is 9.90 Å². The summed E-state index contributed by atoms with van der Waals surface area (Å²) < 4.78 is 0. The standard InChI is InChI=1S/C16H23NO2/c1-12(18)16(19)17(2)15-10-8-14(9-11-15)13-6-4-3-5-7-13/h8-13,18H,3-7H2,1-2H3. The van der Waals surface area contributed by atoms with Gasteiger partial charge in [0.05, 0.1) is 0 Å². The van der Waals surface area contributed by atoms with Gasteiger partial charge in [0.1, 0.15) is 6.10 Å². The van der Waals surface area contributed by atoms with Gasteiger partial charge in [0, 0.05) is 12.7 Å². The van der Waals surface area contributed by atoms with E-state index in [0.717, 1.165) is 5.69 Å². The smallest absolute Gasteiger partial charge is 0.255 e. The zero-order chi connectivity index (χ0) is 13.8. The number of hydrogen-bond acceptors (Lipinski definition) is 2. The van der Waals surface area contributed by atoms with Crippen molar-refractivity contribution in [2.75, 3.05) is 11.9 Å². The van der Waals surface area contributed by atoms with Crippen LogP contribution in [-0.2, 0) is 4.79 Å². The molecule has 1 amide bonds. The van der Waals surface area contributed by atoms with Gasteiger partial charge in [-0.1, -0.05) is 31.4 Å². The number of nitrogens with zero attached hydrogens (tertiary/aromatic N) is 1. The molecule has 1 aliphatic rings. The van der Waals surface area contributed by atoms with Gasteiger partial charge in [0.25, 0.3) is 5.91 Å². The predicted octanol–water partition coefficient (Wildman–Crippen LogP) is 3.08. The number of carbonyl (C=O) groups excluding carboxylic acids is 1. The second-order valence-corrected chi connectivity index (χ2v) is 5.50. The van der Waals surface area contributed by atoms with Crippen LogP contribution in [0.15, 0.2) is 24.3 Å². The third-order valence-electron chi connectivity index (χ3n) is 4.04. The van der Waals surface area contributed by atoms with Crippen molar-refractivity contribution in [3.05, 3.63) is 29.8 Å². The lowest BCUT2D eigenvalue weighted by Gasteiger charge is -2.23. The first-order valence-electron chi connectivity index (χ1n) is 7.15. The second kappa shape index (κ2) is 6.20. The molecule has 1 fully saturated rings. The Labute approximate surface area is 115 Å². The number of rotatable bonds is 3. The molecular weight excluding hydrogens is 238 g/mol. The molecule has 1 aliphatic carbocycles. The fourth-order valence-electron chi connectivity index (χ4n) is 2.81. The van der Waals surface area contributed by atoms with Gasteiger partial charge in [0.15, 0.2) is 0 Å². The van der Waals surface area contributed by atoms with Crippen molar-refractivity contribution >= 4 is 11.6 Å². The summed E-state index contributed by atoms with van der Waals surface area (Å²) in [7, 11) is 1.70. The van der Waals surface area contributed by atoms with Crippen molar-refractivity contribution in [3.63, 3.8) is 0 Å². The van der Waals surface area contributed by atoms with Crippen molar-refractivity contribution in [3.8, 4) is 0 Å². The quantitative estimate of drug-likeness (QED) is 0.908. The molecule has 2 rings (SSSR count). The van der Waals surface area contributed by atoms with E-state index in [0.29, 0.717) is 5.92 Å². The van der Waals surface area contributed by atoms with Crippen LogP contribution in [0.2, 0.25) is 0 Å². The van der Waals surface area contributed by atoms with Crippen molar-refractivity contribution in [2.45, 2.75) is 51.0 Å². The van der Waals surface area contributed by atoms with Crippen LogP contribution in [0.4, 0.5) is 5.69 Å². The zero-order valence-electron chi connectivity index (χ0n) is 11.8. The molecular formula is C16H23NO2. The molecule has 1 saturated carbocycles. The van der Waals surface area contributed by atoms with E-state index in [1.807, 2.05) is 12.1 Å². The van der Waals surface area contributed by atoms with Crippen LogP contribution in [0.25, 0.3) is 0 Å². The number of benzene rings is 1. The lowest BCUT2D eigenvalue weighted by molar-refractivity contribution is -0.125. The number of anilines is 1. The molecule has 1 unspecified atom stereocenters. The van der Waals surface area contributed by atoms with Crippen LogP contribution in [0.3, 0.4) is 0 Å². The lowest BCUT2D eigenvalue weighted by atomic mass is 9.84. The van der Waals surface area contributed by atoms with Gasteiger partial charge < -0.3 is 10.0 Å². The topological polar surface area (TPSA) is 40.5 Å². The van der Waals surface area contributed by atoms with Crippen molar-refractivity contribution in [1.29, 1.82) is 0 Å². The molecule has 0 bridgehead atoms. The van der Waals surface area contributed by atoms with Gasteiger partial charge >= 0.3 is 0 Å². The average Bonchev–Trinajstić information content (AvgIpc) is 2.46. The minimum absolute atomic E-state index is 0.273. The average molecular weight is 261 g/mol. The SMILES string of the molecule is CC(O)C(=O)N(C)c1ccc(C2CCCCC2)cc1. The second-order valence-electron chi connectivity index (χ2n) is 5.50. The molecule has 0 heterocycles. The maximum absolute atomic E-state index is 11.7. The van der Waals surface area contributed by atoms with Gasteiger partial charge in [-0.25, -0.2) is 0 Å². The summed E-state index contributed by atoms with van der Waals surface area (Å²) in [5.74, 6) is 0.408. The van der Waals surface area contributed by atoms with Crippen LogP contribution < -0.4 is 4.90 Å². The Bertz CT molecular complexity index is 419. The summed E-state index contributed by atoms with van der Waals surface area (Å²) in [4.78, 5) is 13.2. The van der Waals surface area contributed by atoms with Gasteiger partial charge in [0.2, 0.25) is 0 Å². The summed E-state index contributed by atoms with van der Waals surface area (Å²) in [6, 6.07) is 8.20. The highest BCUT2D eigenvalue weighted by atomic mass is 16.3. The molecule has 0 aromatic heterocycles. The van der Waals surface area contributed by atoms with Crippen LogP contribution in [0.5, 0.6) is 0 Å². The Hall–Kier alpha value is -1.35. The van der Waals surface area contributed by atoms with E-state index in [2.05, 4.69) is 12.1 Å². The largest absolute Gasteiger partial charge is 0.384 e. The Morgan fingerprint density at radius 3 is 2.32 bits per heavy atom. The minimum Gasteiger partial charge on any atom is -0.384 e. The molecule has 0 spiro atoms. The molecule has 1 aromatic carbocycles. The number of carbonyl (C=O) groups is 1. The van der Waals surface area contributed by atoms with Crippen LogP contribution >= 0.6 is 0 Å². The highest BCUT2D eigenvalue weighted by molar-refractivity contribution is 5.95. The summed E-state index contributed by atoms with van der Waals surface area (Å²) in [6.45, 7) is 1.50. The molecule has 104 valence electrons. The molecule has 1 N–H and O–H groups in total. The molecule has 0 saturated heterocycles. The molecule has 0 radical (unpaired) electrons. The fourth-order valence-corrected chi connectivity index (χ4v) is 2.81. The zero-order valence-corrected chi connectivity index (χ0v) is 11.8. The van der Waals surface area contributed by atoms with E-state index >= 15 is 0 Å². The summed E-state index contributed by atoms with van der Waals surface area (Å²) in [6.07, 6.45) is 5.62. The number of amides is 1. The van der Waals surface area contributed by atoms with E-state index in [1.54, 1.807) is 7.05 Å². The van der Waals surface area contributed by atoms with Crippen molar-refractivity contribution in [2.24, 2.45) is 0 Å². The highest BCUT2D eigenvalue weighted by Gasteiger charge is 2.18. The Morgan fingerprint density at radius 1 is 1.21 bits per heavy atom. The van der Waals surface area contributed by atoms with E-state index in [9.17, 15) is 9.90 Å². The third-order valence-corrected chi connectivity index (χ3v) is 4.04. The fraction of sp³-hybridized carbons (Fsp3) is 0.562. The predicted molar refractivity (Wildman–Crippen MR) is 77.4 cm³/mol. The lowest BCUT2D eigenvalue weighted by Crippen LogP contribution is -2.34. The normalized spacial score (nSPS) is 18.1. The highest BCUT2D eigenvalue weighted by Crippen LogP contribution is 2.33. The Balaban J connectivity index is 2.07. The number of aliphatic hydroxyl groups is 1. The van der Waals surface area contributed by atoms with Gasteiger partial charge in [-0.05, 0) is 43.4 Å². The van der Waals surface area contributed by atoms with E-state index in [1.165, 1.54) is 49.5 Å². The summed E-state index contributed by atoms with van der Waals surface area (Å²) in [5, 5.41) is 9.32. The summed E-state index contributed by atoms with van der Waals surface area (Å²) in [5.41, 5.74) is 2.21. The Kier molecular flexibility index (Phi) is 4.59. The Morgan fingerprint density at radius 2 is 1.79 bits per heavy atom. The van der Waals surface area contributed by atoms with Crippen LogP contribution in [0.1, 0.15) is 50.5 Å².